The number of nitrogens with zero attached hydrogens (tertiary/aromatic N) is 1. The first-order valence-corrected chi connectivity index (χ1v) is 5.26. The molecule has 1 aliphatic rings. The summed E-state index contributed by atoms with van der Waals surface area (Å²) in [6.45, 7) is 10.0. The van der Waals surface area contributed by atoms with Gasteiger partial charge in [0.1, 0.15) is 0 Å². The van der Waals surface area contributed by atoms with Crippen molar-refractivity contribution < 1.29 is 9.53 Å². The molecule has 0 aromatic heterocycles. The second kappa shape index (κ2) is 8.91. The van der Waals surface area contributed by atoms with Crippen molar-refractivity contribution >= 4 is 5.78 Å². The molecular weight excluding hydrogens is 178 g/mol. The average Bonchev–Trinajstić information content (AvgIpc) is 2.22. The molecular formula is C11H21NO2. The molecule has 1 fully saturated rings. The summed E-state index contributed by atoms with van der Waals surface area (Å²) in [4.78, 5) is 12.8. The monoisotopic (exact) mass is 199 g/mol. The van der Waals surface area contributed by atoms with E-state index in [0.717, 1.165) is 32.8 Å². The van der Waals surface area contributed by atoms with E-state index in [4.69, 9.17) is 4.74 Å². The van der Waals surface area contributed by atoms with Crippen LogP contribution < -0.4 is 0 Å². The number of morpholine rings is 1. The van der Waals surface area contributed by atoms with Gasteiger partial charge in [-0.15, -0.1) is 0 Å². The van der Waals surface area contributed by atoms with Crippen LogP contribution in [0.15, 0.2) is 12.2 Å². The first-order valence-electron chi connectivity index (χ1n) is 5.26. The van der Waals surface area contributed by atoms with Gasteiger partial charge >= 0.3 is 0 Å². The van der Waals surface area contributed by atoms with Crippen LogP contribution in [0.25, 0.3) is 0 Å². The minimum absolute atomic E-state index is 0.114. The topological polar surface area (TPSA) is 29.5 Å². The molecule has 0 amide bonds. The van der Waals surface area contributed by atoms with Crippen LogP contribution in [0.1, 0.15) is 20.8 Å². The highest BCUT2D eigenvalue weighted by atomic mass is 16.5. The number of carbonyl (C=O) groups is 1. The van der Waals surface area contributed by atoms with Crippen LogP contribution >= 0.6 is 0 Å². The van der Waals surface area contributed by atoms with Crippen molar-refractivity contribution in [2.75, 3.05) is 32.8 Å². The molecule has 1 aliphatic heterocycles. The van der Waals surface area contributed by atoms with E-state index in [1.54, 1.807) is 13.0 Å². The van der Waals surface area contributed by atoms with Gasteiger partial charge in [-0.3, -0.25) is 9.69 Å². The summed E-state index contributed by atoms with van der Waals surface area (Å²) in [6.07, 6.45) is 3.53. The first-order chi connectivity index (χ1) is 6.79. The summed E-state index contributed by atoms with van der Waals surface area (Å²) >= 11 is 0. The Bertz CT molecular complexity index is 172. The number of hydrogen-bond acceptors (Lipinski definition) is 3. The quantitative estimate of drug-likeness (QED) is 0.645. The van der Waals surface area contributed by atoms with Crippen molar-refractivity contribution in [3.63, 3.8) is 0 Å². The van der Waals surface area contributed by atoms with E-state index >= 15 is 0 Å². The van der Waals surface area contributed by atoms with E-state index in [2.05, 4.69) is 4.90 Å². The zero-order valence-corrected chi connectivity index (χ0v) is 9.45. The lowest BCUT2D eigenvalue weighted by molar-refractivity contribution is -0.112. The molecule has 0 aromatic rings. The lowest BCUT2D eigenvalue weighted by atomic mass is 10.3. The highest BCUT2D eigenvalue weighted by Gasteiger charge is 2.07. The Kier molecular flexibility index (Phi) is 8.48. The van der Waals surface area contributed by atoms with E-state index in [1.165, 1.54) is 0 Å². The van der Waals surface area contributed by atoms with Gasteiger partial charge in [0.05, 0.1) is 13.2 Å². The van der Waals surface area contributed by atoms with Crippen LogP contribution in [-0.2, 0) is 9.53 Å². The fourth-order valence-corrected chi connectivity index (χ4v) is 1.15. The van der Waals surface area contributed by atoms with E-state index in [-0.39, 0.29) is 5.78 Å². The maximum Gasteiger partial charge on any atom is 0.152 e. The molecule has 0 unspecified atom stereocenters. The van der Waals surface area contributed by atoms with Crippen LogP contribution in [0.4, 0.5) is 0 Å². The standard InChI is InChI=1S/C9H15NO2.C2H6/c1-9(11)3-2-4-10-5-7-12-8-6-10;1-2/h2-3H,4-8H2,1H3;1-2H3/b3-2+;. The third-order valence-corrected chi connectivity index (χ3v) is 1.82. The summed E-state index contributed by atoms with van der Waals surface area (Å²) in [5.74, 6) is 0.114. The average molecular weight is 199 g/mol. The molecule has 1 saturated heterocycles. The van der Waals surface area contributed by atoms with E-state index in [9.17, 15) is 4.79 Å². The maximum atomic E-state index is 10.6. The van der Waals surface area contributed by atoms with Crippen LogP contribution in [0.3, 0.4) is 0 Å². The van der Waals surface area contributed by atoms with E-state index < -0.39 is 0 Å². The molecule has 0 bridgehead atoms. The van der Waals surface area contributed by atoms with Crippen molar-refractivity contribution in [3.8, 4) is 0 Å². The molecule has 0 aromatic carbocycles. The van der Waals surface area contributed by atoms with Crippen LogP contribution in [0.5, 0.6) is 0 Å². The lowest BCUT2D eigenvalue weighted by Crippen LogP contribution is -2.36. The normalized spacial score (nSPS) is 17.6. The van der Waals surface area contributed by atoms with Gasteiger partial charge in [0, 0.05) is 19.6 Å². The number of ether oxygens (including phenoxy) is 1. The van der Waals surface area contributed by atoms with Gasteiger partial charge in [-0.05, 0) is 13.0 Å². The van der Waals surface area contributed by atoms with Crippen LogP contribution in [-0.4, -0.2) is 43.5 Å². The molecule has 82 valence electrons. The number of allylic oxidation sites excluding steroid dienone is 1. The lowest BCUT2D eigenvalue weighted by Gasteiger charge is -2.24. The molecule has 3 heteroatoms. The molecule has 0 aliphatic carbocycles. The predicted octanol–water partition coefficient (Wildman–Crippen LogP) is 1.49. The van der Waals surface area contributed by atoms with Crippen LogP contribution in [0.2, 0.25) is 0 Å². The van der Waals surface area contributed by atoms with Gasteiger partial charge < -0.3 is 4.74 Å². The van der Waals surface area contributed by atoms with Crippen molar-refractivity contribution in [3.05, 3.63) is 12.2 Å². The van der Waals surface area contributed by atoms with Gasteiger partial charge in [0.15, 0.2) is 5.78 Å². The number of hydrogen-bond donors (Lipinski definition) is 0. The Morgan fingerprint density at radius 1 is 1.36 bits per heavy atom. The largest absolute Gasteiger partial charge is 0.379 e. The maximum absolute atomic E-state index is 10.6. The Labute approximate surface area is 86.7 Å². The fraction of sp³-hybridized carbons (Fsp3) is 0.727. The van der Waals surface area contributed by atoms with Crippen molar-refractivity contribution in [1.82, 2.24) is 4.90 Å². The van der Waals surface area contributed by atoms with Crippen LogP contribution in [0, 0.1) is 0 Å². The highest BCUT2D eigenvalue weighted by molar-refractivity contribution is 5.87. The Morgan fingerprint density at radius 3 is 2.43 bits per heavy atom. The third-order valence-electron chi connectivity index (χ3n) is 1.82. The van der Waals surface area contributed by atoms with Gasteiger partial charge in [0.25, 0.3) is 0 Å². The second-order valence-electron chi connectivity index (χ2n) is 2.93. The summed E-state index contributed by atoms with van der Waals surface area (Å²) in [5.41, 5.74) is 0. The number of rotatable bonds is 3. The van der Waals surface area contributed by atoms with Gasteiger partial charge in [-0.1, -0.05) is 19.9 Å². The number of ketones is 1. The SMILES string of the molecule is CC.CC(=O)/C=C/CN1CCOCC1. The van der Waals surface area contributed by atoms with Gasteiger partial charge in [-0.2, -0.15) is 0 Å². The van der Waals surface area contributed by atoms with Gasteiger partial charge in [-0.25, -0.2) is 0 Å². The van der Waals surface area contributed by atoms with Crippen molar-refractivity contribution in [2.24, 2.45) is 0 Å². The Balaban J connectivity index is 0.000000791. The molecule has 1 rings (SSSR count). The third kappa shape index (κ3) is 6.80. The van der Waals surface area contributed by atoms with Gasteiger partial charge in [0.2, 0.25) is 0 Å². The smallest absolute Gasteiger partial charge is 0.152 e. The molecule has 0 N–H and O–H groups in total. The molecule has 0 spiro atoms. The summed E-state index contributed by atoms with van der Waals surface area (Å²) in [7, 11) is 0. The summed E-state index contributed by atoms with van der Waals surface area (Å²) in [5, 5.41) is 0. The Morgan fingerprint density at radius 2 is 1.93 bits per heavy atom. The predicted molar refractivity (Wildman–Crippen MR) is 58.4 cm³/mol. The molecule has 14 heavy (non-hydrogen) atoms. The zero-order valence-electron chi connectivity index (χ0n) is 9.45. The van der Waals surface area contributed by atoms with Crippen molar-refractivity contribution in [1.29, 1.82) is 0 Å². The zero-order chi connectivity index (χ0) is 10.8. The van der Waals surface area contributed by atoms with E-state index in [0.29, 0.717) is 0 Å². The molecule has 1 heterocycles. The minimum atomic E-state index is 0.114. The molecule has 0 saturated carbocycles. The summed E-state index contributed by atoms with van der Waals surface area (Å²) < 4.78 is 5.19. The van der Waals surface area contributed by atoms with Crippen molar-refractivity contribution in [2.45, 2.75) is 20.8 Å². The molecule has 3 nitrogen and oxygen atoms in total. The minimum Gasteiger partial charge on any atom is -0.379 e. The molecule has 0 atom stereocenters. The highest BCUT2D eigenvalue weighted by Crippen LogP contribution is 1.95. The summed E-state index contributed by atoms with van der Waals surface area (Å²) in [6, 6.07) is 0. The van der Waals surface area contributed by atoms with E-state index in [1.807, 2.05) is 19.9 Å². The fourth-order valence-electron chi connectivity index (χ4n) is 1.15. The number of carbonyl (C=O) groups excluding carboxylic acids is 1. The Hall–Kier alpha value is -0.670. The molecule has 0 radical (unpaired) electrons. The first kappa shape index (κ1) is 13.3. The second-order valence-corrected chi connectivity index (χ2v) is 2.93.